The number of nitrogens with zero attached hydrogens (tertiary/aromatic N) is 3. The summed E-state index contributed by atoms with van der Waals surface area (Å²) in [6.07, 6.45) is 14.5. The van der Waals surface area contributed by atoms with Crippen LogP contribution in [0.2, 0.25) is 0 Å². The fraction of sp³-hybridized carbons (Fsp3) is 0.629. The first-order valence-electron chi connectivity index (χ1n) is 16.7. The van der Waals surface area contributed by atoms with E-state index in [1.165, 1.54) is 11.4 Å². The molecule has 2 amide bonds. The highest BCUT2D eigenvalue weighted by Crippen LogP contribution is 2.29. The molecule has 11 nitrogen and oxygen atoms in total. The Morgan fingerprint density at radius 3 is 2.43 bits per heavy atom. The lowest BCUT2D eigenvalue weighted by Gasteiger charge is -2.33. The average Bonchev–Trinajstić information content (AvgIpc) is 3.56. The number of rotatable bonds is 19. The van der Waals surface area contributed by atoms with Crippen LogP contribution in [0.1, 0.15) is 70.8 Å². The predicted octanol–water partition coefficient (Wildman–Crippen LogP) is 2.73. The van der Waals surface area contributed by atoms with Crippen molar-refractivity contribution in [2.45, 2.75) is 102 Å². The molecule has 2 aromatic rings. The largest absolute Gasteiger partial charge is 0.390 e. The summed E-state index contributed by atoms with van der Waals surface area (Å²) in [5, 5.41) is 27.6. The van der Waals surface area contributed by atoms with Crippen molar-refractivity contribution in [3.63, 3.8) is 0 Å². The monoisotopic (exact) mass is 671 g/mol. The van der Waals surface area contributed by atoms with Crippen molar-refractivity contribution >= 4 is 21.8 Å². The maximum Gasteiger partial charge on any atom is 0.243 e. The number of terminal acetylenes is 1. The number of aliphatic hydroxyl groups excluding tert-OH is 2. The molecule has 0 spiro atoms. The molecule has 0 aliphatic heterocycles. The second-order valence-electron chi connectivity index (χ2n) is 13.3. The summed E-state index contributed by atoms with van der Waals surface area (Å²) in [5.41, 5.74) is 0.775. The first-order chi connectivity index (χ1) is 22.4. The summed E-state index contributed by atoms with van der Waals surface area (Å²) in [6.45, 7) is 4.49. The van der Waals surface area contributed by atoms with Crippen molar-refractivity contribution in [1.29, 1.82) is 0 Å². The van der Waals surface area contributed by atoms with E-state index in [2.05, 4.69) is 21.5 Å². The van der Waals surface area contributed by atoms with Gasteiger partial charge in [-0.15, -0.1) is 12.3 Å². The molecule has 5 atom stereocenters. The standard InChI is InChI=1S/C35H53N5O6S/c1-5-12-30(35(44)38-31(23-28-15-10-7-11-16-28)33(42)32(41)21-26(2)3)37-34(43)29(22-27-13-8-6-9-14-27)24-47(45,46)39(4)19-20-40-18-17-36-25-40/h1,6,8-9,13-14,17-18,25-26,28-33,41-42H,7,10-12,15-16,19-24H2,2-4H3,(H,37,43)(H,38,44)/t29-,30+,31+,32+,33-/m1/s1. The van der Waals surface area contributed by atoms with Crippen LogP contribution in [0.5, 0.6) is 0 Å². The van der Waals surface area contributed by atoms with Crippen molar-refractivity contribution in [3.05, 3.63) is 54.6 Å². The van der Waals surface area contributed by atoms with Crippen LogP contribution in [0.25, 0.3) is 0 Å². The molecule has 0 bridgehead atoms. The fourth-order valence-electron chi connectivity index (χ4n) is 6.18. The van der Waals surface area contributed by atoms with Gasteiger partial charge in [0.05, 0.1) is 30.1 Å². The van der Waals surface area contributed by atoms with Gasteiger partial charge >= 0.3 is 0 Å². The lowest BCUT2D eigenvalue weighted by Crippen LogP contribution is -2.56. The Hall–Kier alpha value is -3.24. The maximum atomic E-state index is 13.8. The number of carbonyl (C=O) groups is 2. The zero-order valence-corrected chi connectivity index (χ0v) is 28.8. The molecule has 1 aromatic carbocycles. The van der Waals surface area contributed by atoms with E-state index in [9.17, 15) is 28.2 Å². The van der Waals surface area contributed by atoms with E-state index in [0.717, 1.165) is 37.7 Å². The normalized spacial score (nSPS) is 17.4. The van der Waals surface area contributed by atoms with Gasteiger partial charge in [0, 0.05) is 39.0 Å². The van der Waals surface area contributed by atoms with Crippen LogP contribution in [0.15, 0.2) is 49.1 Å². The van der Waals surface area contributed by atoms with E-state index in [4.69, 9.17) is 6.42 Å². The van der Waals surface area contributed by atoms with Crippen molar-refractivity contribution in [3.8, 4) is 12.3 Å². The highest BCUT2D eigenvalue weighted by atomic mass is 32.2. The van der Waals surface area contributed by atoms with Crippen molar-refractivity contribution < 1.29 is 28.2 Å². The van der Waals surface area contributed by atoms with Gasteiger partial charge in [-0.2, -0.15) is 0 Å². The van der Waals surface area contributed by atoms with Crippen molar-refractivity contribution in [2.75, 3.05) is 19.3 Å². The zero-order chi connectivity index (χ0) is 34.4. The van der Waals surface area contributed by atoms with Crippen molar-refractivity contribution in [2.24, 2.45) is 17.8 Å². The predicted molar refractivity (Wildman–Crippen MR) is 182 cm³/mol. The molecule has 1 aliphatic rings. The second kappa shape index (κ2) is 18.9. The van der Waals surface area contributed by atoms with Crippen LogP contribution in [-0.4, -0.2) is 87.9 Å². The number of hydrogen-bond acceptors (Lipinski definition) is 7. The number of aliphatic hydroxyl groups is 2. The summed E-state index contributed by atoms with van der Waals surface area (Å²) in [4.78, 5) is 31.5. The first-order valence-corrected chi connectivity index (χ1v) is 18.3. The van der Waals surface area contributed by atoms with Gasteiger partial charge in [0.1, 0.15) is 12.1 Å². The second-order valence-corrected chi connectivity index (χ2v) is 15.4. The number of aromatic nitrogens is 2. The Morgan fingerprint density at radius 2 is 1.81 bits per heavy atom. The van der Waals surface area contributed by atoms with Crippen LogP contribution in [0, 0.1) is 30.1 Å². The number of hydrogen-bond donors (Lipinski definition) is 4. The molecule has 1 aromatic heterocycles. The highest BCUT2D eigenvalue weighted by Gasteiger charge is 2.35. The number of sulfonamides is 1. The minimum atomic E-state index is -3.88. The molecule has 1 fully saturated rings. The molecule has 4 N–H and O–H groups in total. The summed E-state index contributed by atoms with van der Waals surface area (Å²) in [6, 6.07) is 7.22. The summed E-state index contributed by atoms with van der Waals surface area (Å²) in [5.74, 6) is 0.216. The molecule has 47 heavy (non-hydrogen) atoms. The number of amides is 2. The van der Waals surface area contributed by atoms with E-state index in [1.54, 1.807) is 23.3 Å². The molecule has 0 unspecified atom stereocenters. The summed E-state index contributed by atoms with van der Waals surface area (Å²) >= 11 is 0. The van der Waals surface area contributed by atoms with Gasteiger partial charge in [-0.25, -0.2) is 17.7 Å². The molecule has 3 rings (SSSR count). The Bertz CT molecular complexity index is 1370. The lowest BCUT2D eigenvalue weighted by molar-refractivity contribution is -0.132. The topological polar surface area (TPSA) is 154 Å². The van der Waals surface area contributed by atoms with Gasteiger partial charge in [0.2, 0.25) is 21.8 Å². The number of likely N-dealkylation sites (N-methyl/N-ethyl adjacent to an activating group) is 1. The Labute approximate surface area is 280 Å². The van der Waals surface area contributed by atoms with Gasteiger partial charge in [0.25, 0.3) is 0 Å². The minimum absolute atomic E-state index is 0.131. The summed E-state index contributed by atoms with van der Waals surface area (Å²) < 4.78 is 29.9. The fourth-order valence-corrected chi connectivity index (χ4v) is 7.57. The van der Waals surface area contributed by atoms with Crippen LogP contribution in [-0.2, 0) is 32.6 Å². The van der Waals surface area contributed by atoms with Crippen LogP contribution in [0.4, 0.5) is 0 Å². The first kappa shape index (κ1) is 38.2. The molecule has 0 radical (unpaired) electrons. The smallest absolute Gasteiger partial charge is 0.243 e. The number of imidazole rings is 1. The highest BCUT2D eigenvalue weighted by molar-refractivity contribution is 7.89. The van der Waals surface area contributed by atoms with Crippen LogP contribution < -0.4 is 10.6 Å². The van der Waals surface area contributed by atoms with Crippen LogP contribution in [0.3, 0.4) is 0 Å². The van der Waals surface area contributed by atoms with Gasteiger partial charge < -0.3 is 25.4 Å². The SMILES string of the molecule is C#CC[C@H](NC(=O)[C@H](Cc1ccccc1)CS(=O)(=O)N(C)CCn1ccnc1)C(=O)N[C@@H](CC1CCCCC1)[C@@H](O)[C@@H](O)CC(C)C. The molecule has 260 valence electrons. The molecule has 0 saturated heterocycles. The third-order valence-electron chi connectivity index (χ3n) is 8.93. The molecule has 12 heteroatoms. The number of benzene rings is 1. The van der Waals surface area contributed by atoms with Gasteiger partial charge in [-0.1, -0.05) is 76.3 Å². The van der Waals surface area contributed by atoms with E-state index in [0.29, 0.717) is 25.3 Å². The quantitative estimate of drug-likeness (QED) is 0.168. The molecular formula is C35H53N5O6S. The maximum absolute atomic E-state index is 13.8. The zero-order valence-electron chi connectivity index (χ0n) is 28.0. The van der Waals surface area contributed by atoms with Crippen LogP contribution >= 0.6 is 0 Å². The Balaban J connectivity index is 1.77. The summed E-state index contributed by atoms with van der Waals surface area (Å²) in [7, 11) is -2.40. The number of nitrogens with one attached hydrogen (secondary N) is 2. The van der Waals surface area contributed by atoms with Gasteiger partial charge in [-0.05, 0) is 36.7 Å². The van der Waals surface area contributed by atoms with Crippen molar-refractivity contribution in [1.82, 2.24) is 24.5 Å². The molecule has 1 heterocycles. The van der Waals surface area contributed by atoms with E-state index in [-0.39, 0.29) is 25.3 Å². The number of carbonyl (C=O) groups excluding carboxylic acids is 2. The Kier molecular flexibility index (Phi) is 15.4. The Morgan fingerprint density at radius 1 is 1.11 bits per heavy atom. The average molecular weight is 672 g/mol. The molecule has 1 aliphatic carbocycles. The third kappa shape index (κ3) is 12.7. The van der Waals surface area contributed by atoms with E-state index >= 15 is 0 Å². The van der Waals surface area contributed by atoms with Gasteiger partial charge in [-0.3, -0.25) is 9.59 Å². The van der Waals surface area contributed by atoms with Gasteiger partial charge in [0.15, 0.2) is 0 Å². The molecular weight excluding hydrogens is 618 g/mol. The molecule has 1 saturated carbocycles. The third-order valence-corrected chi connectivity index (χ3v) is 10.9. The minimum Gasteiger partial charge on any atom is -0.390 e. The lowest BCUT2D eigenvalue weighted by atomic mass is 9.82. The van der Waals surface area contributed by atoms with E-state index in [1.807, 2.05) is 44.2 Å². The van der Waals surface area contributed by atoms with E-state index < -0.39 is 57.8 Å².